The van der Waals surface area contributed by atoms with E-state index in [1.165, 1.54) is 5.56 Å². The summed E-state index contributed by atoms with van der Waals surface area (Å²) in [6, 6.07) is 4.32. The van der Waals surface area contributed by atoms with Crippen molar-refractivity contribution < 1.29 is 0 Å². The van der Waals surface area contributed by atoms with Crippen LogP contribution in [0.25, 0.3) is 0 Å². The maximum Gasteiger partial charge on any atom is 0.189 e. The van der Waals surface area contributed by atoms with E-state index < -0.39 is 0 Å². The Labute approximate surface area is 97.0 Å². The van der Waals surface area contributed by atoms with Crippen LogP contribution in [0.5, 0.6) is 0 Å². The molecule has 4 nitrogen and oxygen atoms in total. The third-order valence-electron chi connectivity index (χ3n) is 2.20. The van der Waals surface area contributed by atoms with Gasteiger partial charge in [0.15, 0.2) is 5.96 Å². The molecule has 0 bridgehead atoms. The van der Waals surface area contributed by atoms with Gasteiger partial charge in [-0.1, -0.05) is 13.0 Å². The normalized spacial score (nSPS) is 11.9. The van der Waals surface area contributed by atoms with Gasteiger partial charge in [0, 0.05) is 12.2 Å². The quantitative estimate of drug-likeness (QED) is 0.596. The van der Waals surface area contributed by atoms with Gasteiger partial charge in [-0.3, -0.25) is 4.98 Å². The van der Waals surface area contributed by atoms with Gasteiger partial charge in [0.05, 0.1) is 12.2 Å². The summed E-state index contributed by atoms with van der Waals surface area (Å²) >= 11 is 0. The molecule has 0 amide bonds. The van der Waals surface area contributed by atoms with Crippen molar-refractivity contribution in [2.45, 2.75) is 39.8 Å². The van der Waals surface area contributed by atoms with Crippen molar-refractivity contribution >= 4 is 5.96 Å². The molecule has 0 unspecified atom stereocenters. The number of nitrogens with one attached hydrogen (secondary N) is 1. The molecule has 0 aromatic carbocycles. The third kappa shape index (κ3) is 3.88. The molecule has 88 valence electrons. The van der Waals surface area contributed by atoms with Crippen LogP contribution >= 0.6 is 0 Å². The van der Waals surface area contributed by atoms with E-state index in [0.717, 1.165) is 12.1 Å². The number of aromatic nitrogens is 1. The number of aryl methyl sites for hydroxylation is 1. The minimum atomic E-state index is 0.304. The molecule has 0 fully saturated rings. The molecule has 1 rings (SSSR count). The summed E-state index contributed by atoms with van der Waals surface area (Å²) in [6.07, 6.45) is 2.76. The van der Waals surface area contributed by atoms with Crippen molar-refractivity contribution in [2.75, 3.05) is 0 Å². The molecule has 4 heteroatoms. The van der Waals surface area contributed by atoms with Crippen LogP contribution in [0.2, 0.25) is 0 Å². The molecule has 0 aliphatic carbocycles. The minimum Gasteiger partial charge on any atom is -0.370 e. The van der Waals surface area contributed by atoms with Crippen molar-refractivity contribution in [1.82, 2.24) is 10.3 Å². The van der Waals surface area contributed by atoms with Gasteiger partial charge in [0.1, 0.15) is 0 Å². The molecule has 1 aromatic rings. The molecular weight excluding hydrogens is 200 g/mol. The molecule has 1 aromatic heterocycles. The first-order chi connectivity index (χ1) is 7.63. The summed E-state index contributed by atoms with van der Waals surface area (Å²) in [5.41, 5.74) is 7.95. The van der Waals surface area contributed by atoms with Crippen LogP contribution < -0.4 is 11.1 Å². The molecule has 0 atom stereocenters. The largest absolute Gasteiger partial charge is 0.370 e. The smallest absolute Gasteiger partial charge is 0.189 e. The van der Waals surface area contributed by atoms with Crippen LogP contribution in [-0.4, -0.2) is 17.0 Å². The predicted octanol–water partition coefficient (Wildman–Crippen LogP) is 1.46. The van der Waals surface area contributed by atoms with Crippen molar-refractivity contribution in [2.24, 2.45) is 10.7 Å². The van der Waals surface area contributed by atoms with Crippen LogP contribution in [0.4, 0.5) is 0 Å². The second-order valence-electron chi connectivity index (χ2n) is 3.96. The molecule has 1 heterocycles. The molecule has 0 saturated heterocycles. The van der Waals surface area contributed by atoms with Gasteiger partial charge < -0.3 is 11.1 Å². The van der Waals surface area contributed by atoms with E-state index in [-0.39, 0.29) is 0 Å². The van der Waals surface area contributed by atoms with Gasteiger partial charge in [-0.2, -0.15) is 0 Å². The Bertz CT molecular complexity index is 358. The zero-order chi connectivity index (χ0) is 12.0. The molecule has 0 aliphatic rings. The van der Waals surface area contributed by atoms with E-state index in [1.807, 2.05) is 19.9 Å². The molecule has 0 saturated carbocycles. The molecular formula is C12H20N4. The summed E-state index contributed by atoms with van der Waals surface area (Å²) in [6.45, 7) is 6.71. The number of guanidine groups is 1. The van der Waals surface area contributed by atoms with E-state index in [2.05, 4.69) is 28.3 Å². The molecule has 3 N–H and O–H groups in total. The second kappa shape index (κ2) is 6.10. The fourth-order valence-electron chi connectivity index (χ4n) is 1.44. The summed E-state index contributed by atoms with van der Waals surface area (Å²) in [4.78, 5) is 8.57. The Balaban J connectivity index is 2.66. The number of hydrogen-bond acceptors (Lipinski definition) is 2. The molecule has 0 radical (unpaired) electrons. The van der Waals surface area contributed by atoms with Crippen LogP contribution in [0.3, 0.4) is 0 Å². The fourth-order valence-corrected chi connectivity index (χ4v) is 1.44. The van der Waals surface area contributed by atoms with E-state index >= 15 is 0 Å². The van der Waals surface area contributed by atoms with Crippen molar-refractivity contribution in [3.8, 4) is 0 Å². The monoisotopic (exact) mass is 220 g/mol. The van der Waals surface area contributed by atoms with E-state index in [4.69, 9.17) is 5.73 Å². The lowest BCUT2D eigenvalue weighted by Crippen LogP contribution is -2.36. The molecule has 16 heavy (non-hydrogen) atoms. The maximum atomic E-state index is 5.73. The average molecular weight is 220 g/mol. The van der Waals surface area contributed by atoms with Gasteiger partial charge >= 0.3 is 0 Å². The summed E-state index contributed by atoms with van der Waals surface area (Å²) < 4.78 is 0. The molecule has 0 aliphatic heterocycles. The van der Waals surface area contributed by atoms with Gasteiger partial charge in [-0.25, -0.2) is 4.99 Å². The number of pyridine rings is 1. The van der Waals surface area contributed by atoms with Crippen LogP contribution in [0.15, 0.2) is 23.3 Å². The highest BCUT2D eigenvalue weighted by atomic mass is 15.1. The van der Waals surface area contributed by atoms with Crippen molar-refractivity contribution in [1.29, 1.82) is 0 Å². The van der Waals surface area contributed by atoms with Crippen LogP contribution in [0, 0.1) is 0 Å². The second-order valence-corrected chi connectivity index (χ2v) is 3.96. The number of rotatable bonds is 4. The first-order valence-electron chi connectivity index (χ1n) is 5.62. The van der Waals surface area contributed by atoms with Crippen LogP contribution in [0.1, 0.15) is 32.0 Å². The van der Waals surface area contributed by atoms with E-state index in [9.17, 15) is 0 Å². The number of nitrogens with two attached hydrogens (primary N) is 1. The van der Waals surface area contributed by atoms with E-state index in [0.29, 0.717) is 18.5 Å². The van der Waals surface area contributed by atoms with Crippen molar-refractivity contribution in [3.05, 3.63) is 29.6 Å². The zero-order valence-corrected chi connectivity index (χ0v) is 10.2. The zero-order valence-electron chi connectivity index (χ0n) is 10.2. The highest BCUT2D eigenvalue weighted by molar-refractivity contribution is 5.78. The predicted molar refractivity (Wildman–Crippen MR) is 67.2 cm³/mol. The Morgan fingerprint density at radius 3 is 2.94 bits per heavy atom. The highest BCUT2D eigenvalue weighted by Crippen LogP contribution is 2.06. The van der Waals surface area contributed by atoms with Crippen molar-refractivity contribution in [3.63, 3.8) is 0 Å². The van der Waals surface area contributed by atoms with Crippen LogP contribution in [-0.2, 0) is 13.0 Å². The topological polar surface area (TPSA) is 63.3 Å². The first kappa shape index (κ1) is 12.5. The number of aliphatic imine (C=N–C) groups is 1. The van der Waals surface area contributed by atoms with E-state index in [1.54, 1.807) is 6.20 Å². The maximum absolute atomic E-state index is 5.73. The lowest BCUT2D eigenvalue weighted by molar-refractivity contribution is 0.722. The summed E-state index contributed by atoms with van der Waals surface area (Å²) in [7, 11) is 0. The third-order valence-corrected chi connectivity index (χ3v) is 2.20. The van der Waals surface area contributed by atoms with Gasteiger partial charge in [-0.05, 0) is 31.9 Å². The Hall–Kier alpha value is -1.58. The Kier molecular flexibility index (Phi) is 4.76. The fraction of sp³-hybridized carbons (Fsp3) is 0.500. The average Bonchev–Trinajstić information content (AvgIpc) is 2.26. The first-order valence-corrected chi connectivity index (χ1v) is 5.62. The van der Waals surface area contributed by atoms with Gasteiger partial charge in [-0.15, -0.1) is 0 Å². The van der Waals surface area contributed by atoms with Gasteiger partial charge in [0.2, 0.25) is 0 Å². The standard InChI is InChI=1S/C12H20N4/c1-4-10-6-5-7-14-11(10)8-15-12(13)16-9(2)3/h5-7,9H,4,8H2,1-3H3,(H3,13,15,16). The highest BCUT2D eigenvalue weighted by Gasteiger charge is 2.01. The lowest BCUT2D eigenvalue weighted by atomic mass is 10.1. The number of nitrogens with zero attached hydrogens (tertiary/aromatic N) is 2. The molecule has 0 spiro atoms. The minimum absolute atomic E-state index is 0.304. The summed E-state index contributed by atoms with van der Waals surface area (Å²) in [5.74, 6) is 0.475. The Morgan fingerprint density at radius 1 is 1.56 bits per heavy atom. The van der Waals surface area contributed by atoms with Gasteiger partial charge in [0.25, 0.3) is 0 Å². The Morgan fingerprint density at radius 2 is 2.31 bits per heavy atom. The summed E-state index contributed by atoms with van der Waals surface area (Å²) in [5, 5.41) is 3.05. The number of hydrogen-bond donors (Lipinski definition) is 2. The lowest BCUT2D eigenvalue weighted by Gasteiger charge is -2.09. The SMILES string of the molecule is CCc1cccnc1CN=C(N)NC(C)C.